The van der Waals surface area contributed by atoms with E-state index in [1.165, 1.54) is 6.07 Å². The lowest BCUT2D eigenvalue weighted by Gasteiger charge is -2.15. The van der Waals surface area contributed by atoms with Crippen LogP contribution in [-0.2, 0) is 11.3 Å². The number of carboxylic acids is 1. The van der Waals surface area contributed by atoms with Crippen LogP contribution < -0.4 is 19.6 Å². The van der Waals surface area contributed by atoms with Crippen molar-refractivity contribution in [2.24, 2.45) is 0 Å². The Hall–Kier alpha value is -2.96. The van der Waals surface area contributed by atoms with Crippen LogP contribution in [0.2, 0.25) is 0 Å². The molecule has 25 heavy (non-hydrogen) atoms. The van der Waals surface area contributed by atoms with Gasteiger partial charge < -0.3 is 23.9 Å². The number of methoxy groups -OCH3 is 1. The third-order valence-electron chi connectivity index (χ3n) is 3.61. The third kappa shape index (κ3) is 5.27. The maximum absolute atomic E-state index is 11.9. The van der Waals surface area contributed by atoms with E-state index in [4.69, 9.17) is 19.3 Å². The van der Waals surface area contributed by atoms with Gasteiger partial charge in [-0.15, -0.1) is 0 Å². The fourth-order valence-corrected chi connectivity index (χ4v) is 2.25. The monoisotopic (exact) mass is 347 g/mol. The second kappa shape index (κ2) is 8.77. The predicted octanol–water partition coefficient (Wildman–Crippen LogP) is 2.10. The number of rotatable bonds is 9. The number of hydrogen-bond donors (Lipinski definition) is 1. The van der Waals surface area contributed by atoms with Crippen LogP contribution in [0.5, 0.6) is 17.2 Å². The highest BCUT2D eigenvalue weighted by Crippen LogP contribution is 2.17. The first kappa shape index (κ1) is 18.4. The largest absolute Gasteiger partial charge is 0.497 e. The van der Waals surface area contributed by atoms with Crippen LogP contribution in [0, 0.1) is 6.92 Å². The summed E-state index contributed by atoms with van der Waals surface area (Å²) in [6.45, 7) is 2.64. The van der Waals surface area contributed by atoms with Crippen LogP contribution in [0.1, 0.15) is 12.1 Å². The molecule has 0 spiro atoms. The molecule has 134 valence electrons. The average molecular weight is 347 g/mol. The van der Waals surface area contributed by atoms with Gasteiger partial charge in [-0.1, -0.05) is 0 Å². The smallest absolute Gasteiger partial charge is 0.306 e. The van der Waals surface area contributed by atoms with Crippen LogP contribution in [0.3, 0.4) is 0 Å². The molecular formula is C18H21NO6. The summed E-state index contributed by atoms with van der Waals surface area (Å²) in [7, 11) is 1.60. The fraction of sp³-hybridized carbons (Fsp3) is 0.333. The molecule has 0 atom stereocenters. The van der Waals surface area contributed by atoms with Gasteiger partial charge in [0.05, 0.1) is 32.4 Å². The average Bonchev–Trinajstić information content (AvgIpc) is 2.60. The maximum atomic E-state index is 11.9. The van der Waals surface area contributed by atoms with Gasteiger partial charge >= 0.3 is 5.97 Å². The van der Waals surface area contributed by atoms with Crippen molar-refractivity contribution < 1.29 is 24.1 Å². The topological polar surface area (TPSA) is 87.0 Å². The van der Waals surface area contributed by atoms with Crippen molar-refractivity contribution >= 4 is 5.97 Å². The summed E-state index contributed by atoms with van der Waals surface area (Å²) in [5, 5.41) is 8.65. The van der Waals surface area contributed by atoms with Gasteiger partial charge in [-0.2, -0.15) is 0 Å². The van der Waals surface area contributed by atoms with Crippen LogP contribution >= 0.6 is 0 Å². The van der Waals surface area contributed by atoms with E-state index in [9.17, 15) is 9.59 Å². The molecule has 0 aliphatic rings. The quantitative estimate of drug-likeness (QED) is 0.747. The lowest BCUT2D eigenvalue weighted by molar-refractivity contribution is -0.137. The molecule has 0 aliphatic carbocycles. The molecule has 0 unspecified atom stereocenters. The van der Waals surface area contributed by atoms with Gasteiger partial charge in [-0.25, -0.2) is 0 Å². The number of aromatic nitrogens is 1. The van der Waals surface area contributed by atoms with Crippen LogP contribution in [0.25, 0.3) is 0 Å². The molecule has 7 nitrogen and oxygen atoms in total. The molecule has 0 saturated heterocycles. The lowest BCUT2D eigenvalue weighted by Crippen LogP contribution is -2.18. The molecule has 0 bridgehead atoms. The second-order valence-electron chi connectivity index (χ2n) is 5.30. The van der Waals surface area contributed by atoms with Gasteiger partial charge in [0.2, 0.25) is 5.43 Å². The molecule has 0 amide bonds. The number of carbonyl (C=O) groups is 1. The van der Waals surface area contributed by atoms with E-state index in [0.29, 0.717) is 18.8 Å². The molecule has 1 heterocycles. The van der Waals surface area contributed by atoms with Crippen LogP contribution in [-0.4, -0.2) is 36.0 Å². The van der Waals surface area contributed by atoms with E-state index < -0.39 is 5.97 Å². The molecular weight excluding hydrogens is 326 g/mol. The van der Waals surface area contributed by atoms with Gasteiger partial charge in [0.15, 0.2) is 5.75 Å². The molecule has 2 rings (SSSR count). The summed E-state index contributed by atoms with van der Waals surface area (Å²) in [6.07, 6.45) is 1.51. The Morgan fingerprint density at radius 2 is 1.76 bits per heavy atom. The SMILES string of the molecule is COc1ccc(OCCn2ccc(=O)c(OCCC(=O)O)c2C)cc1. The lowest BCUT2D eigenvalue weighted by atomic mass is 10.3. The molecule has 7 heteroatoms. The zero-order valence-electron chi connectivity index (χ0n) is 14.2. The molecule has 1 aromatic heterocycles. The number of hydrogen-bond acceptors (Lipinski definition) is 5. The number of benzene rings is 1. The predicted molar refractivity (Wildman–Crippen MR) is 91.7 cm³/mol. The Labute approximate surface area is 145 Å². The zero-order valence-corrected chi connectivity index (χ0v) is 14.2. The zero-order chi connectivity index (χ0) is 18.2. The van der Waals surface area contributed by atoms with E-state index >= 15 is 0 Å². The maximum Gasteiger partial charge on any atom is 0.306 e. The first-order valence-electron chi connectivity index (χ1n) is 7.82. The van der Waals surface area contributed by atoms with Crippen molar-refractivity contribution in [1.29, 1.82) is 0 Å². The highest BCUT2D eigenvalue weighted by Gasteiger charge is 2.09. The van der Waals surface area contributed by atoms with Crippen molar-refractivity contribution in [3.63, 3.8) is 0 Å². The summed E-state index contributed by atoms with van der Waals surface area (Å²) in [4.78, 5) is 22.4. The Morgan fingerprint density at radius 3 is 2.40 bits per heavy atom. The van der Waals surface area contributed by atoms with Crippen LogP contribution in [0.4, 0.5) is 0 Å². The highest BCUT2D eigenvalue weighted by atomic mass is 16.5. The van der Waals surface area contributed by atoms with Gasteiger partial charge in [0.25, 0.3) is 0 Å². The molecule has 1 aromatic carbocycles. The number of ether oxygens (including phenoxy) is 3. The first-order chi connectivity index (χ1) is 12.0. The number of carboxylic acid groups (broad SMARTS) is 1. The minimum Gasteiger partial charge on any atom is -0.497 e. The van der Waals surface area contributed by atoms with E-state index in [1.54, 1.807) is 20.2 Å². The van der Waals surface area contributed by atoms with Crippen molar-refractivity contribution in [3.8, 4) is 17.2 Å². The molecule has 2 aromatic rings. The Balaban J connectivity index is 1.96. The highest BCUT2D eigenvalue weighted by molar-refractivity contribution is 5.66. The Bertz CT molecular complexity index is 766. The Morgan fingerprint density at radius 1 is 1.08 bits per heavy atom. The van der Waals surface area contributed by atoms with E-state index in [0.717, 1.165) is 11.5 Å². The van der Waals surface area contributed by atoms with Gasteiger partial charge in [0.1, 0.15) is 18.1 Å². The van der Waals surface area contributed by atoms with Crippen molar-refractivity contribution in [2.75, 3.05) is 20.3 Å². The standard InChI is InChI=1S/C18H21NO6/c1-13-18(25-11-8-17(21)22)16(20)7-9-19(13)10-12-24-15-5-3-14(23-2)4-6-15/h3-7,9H,8,10-12H2,1-2H3,(H,21,22). The van der Waals surface area contributed by atoms with Crippen molar-refractivity contribution in [2.45, 2.75) is 19.9 Å². The van der Waals surface area contributed by atoms with Gasteiger partial charge in [-0.05, 0) is 31.2 Å². The van der Waals surface area contributed by atoms with E-state index in [-0.39, 0.29) is 24.2 Å². The number of pyridine rings is 1. The molecule has 0 saturated carbocycles. The molecule has 0 radical (unpaired) electrons. The normalized spacial score (nSPS) is 10.3. The summed E-state index contributed by atoms with van der Waals surface area (Å²) in [6, 6.07) is 8.66. The first-order valence-corrected chi connectivity index (χ1v) is 7.82. The minimum absolute atomic E-state index is 0.0439. The molecule has 0 aliphatic heterocycles. The Kier molecular flexibility index (Phi) is 6.45. The summed E-state index contributed by atoms with van der Waals surface area (Å²) < 4.78 is 17.9. The fourth-order valence-electron chi connectivity index (χ4n) is 2.25. The summed E-state index contributed by atoms with van der Waals surface area (Å²) >= 11 is 0. The second-order valence-corrected chi connectivity index (χ2v) is 5.30. The summed E-state index contributed by atoms with van der Waals surface area (Å²) in [5.41, 5.74) is 0.367. The molecule has 0 fully saturated rings. The molecule has 1 N–H and O–H groups in total. The van der Waals surface area contributed by atoms with Gasteiger partial charge in [0, 0.05) is 12.3 Å². The third-order valence-corrected chi connectivity index (χ3v) is 3.61. The van der Waals surface area contributed by atoms with Crippen molar-refractivity contribution in [3.05, 3.63) is 52.4 Å². The van der Waals surface area contributed by atoms with Crippen LogP contribution in [0.15, 0.2) is 41.3 Å². The van der Waals surface area contributed by atoms with Crippen molar-refractivity contribution in [1.82, 2.24) is 4.57 Å². The number of aliphatic carboxylic acids is 1. The minimum atomic E-state index is -0.971. The van der Waals surface area contributed by atoms with Gasteiger partial charge in [-0.3, -0.25) is 9.59 Å². The number of nitrogens with zero attached hydrogens (tertiary/aromatic N) is 1. The van der Waals surface area contributed by atoms with E-state index in [2.05, 4.69) is 0 Å². The van der Waals surface area contributed by atoms with E-state index in [1.807, 2.05) is 28.8 Å². The summed E-state index contributed by atoms with van der Waals surface area (Å²) in [5.74, 6) is 0.680.